The average molecular weight is 113 g/mol. The van der Waals surface area contributed by atoms with Crippen LogP contribution in [0.25, 0.3) is 0 Å². The summed E-state index contributed by atoms with van der Waals surface area (Å²) in [6, 6.07) is 0. The predicted octanol–water partition coefficient (Wildman–Crippen LogP) is -0.703. The van der Waals surface area contributed by atoms with Crippen molar-refractivity contribution in [3.63, 3.8) is 0 Å². The van der Waals surface area contributed by atoms with Crippen molar-refractivity contribution in [2.75, 3.05) is 5.72 Å². The lowest BCUT2D eigenvalue weighted by atomic mass is 10.7. The third kappa shape index (κ3) is 0.841. The zero-order valence-electron chi connectivity index (χ0n) is 5.98. The van der Waals surface area contributed by atoms with E-state index >= 15 is 0 Å². The Kier molecular flexibility index (Phi) is 0.590. The summed E-state index contributed by atoms with van der Waals surface area (Å²) in [5, 5.41) is 10.5. The second-order valence-electron chi connectivity index (χ2n) is 1.27. The molecule has 4 heteroatoms. The average Bonchev–Trinajstić information content (AvgIpc) is 1.88. The molecule has 0 aliphatic carbocycles. The number of nitrogen functional groups attached to an aromatic ring is 1. The lowest BCUT2D eigenvalue weighted by molar-refractivity contribution is -0.605. The first-order valence-corrected chi connectivity index (χ1v) is 2.03. The van der Waals surface area contributed by atoms with Crippen LogP contribution in [-0.2, 0) is 0 Å². The zero-order valence-corrected chi connectivity index (χ0v) is 3.98. The summed E-state index contributed by atoms with van der Waals surface area (Å²) in [7, 11) is 0. The van der Waals surface area contributed by atoms with Gasteiger partial charge in [-0.3, -0.25) is 0 Å². The zero-order chi connectivity index (χ0) is 7.56. The standard InChI is InChI=1S/C4H5N3O/c5-4-3-7(8)2-1-6-4/h1-3H,(H2,5,6)/i/hD2. The molecule has 0 amide bonds. The van der Waals surface area contributed by atoms with Crippen LogP contribution in [0.5, 0.6) is 0 Å². The Labute approximate surface area is 49.1 Å². The molecule has 0 unspecified atom stereocenters. The molecule has 1 heterocycles. The fraction of sp³-hybridized carbons (Fsp3) is 0. The Hall–Kier alpha value is -1.32. The van der Waals surface area contributed by atoms with Gasteiger partial charge in [0.05, 0.1) is 6.20 Å². The van der Waals surface area contributed by atoms with Gasteiger partial charge in [-0.15, -0.1) is 0 Å². The molecule has 0 spiro atoms. The van der Waals surface area contributed by atoms with E-state index in [-0.39, 0.29) is 11.5 Å². The first-order chi connectivity index (χ1) is 4.70. The molecular formula is C4H5N3O. The number of hydrogen-bond acceptors (Lipinski definition) is 3. The van der Waals surface area contributed by atoms with Gasteiger partial charge in [0.15, 0.2) is 14.8 Å². The summed E-state index contributed by atoms with van der Waals surface area (Å²) in [6.07, 6.45) is 3.46. The van der Waals surface area contributed by atoms with Crippen LogP contribution < -0.4 is 10.5 Å². The Balaban J connectivity index is 2.96. The predicted molar refractivity (Wildman–Crippen MR) is 27.6 cm³/mol. The van der Waals surface area contributed by atoms with Gasteiger partial charge in [-0.1, -0.05) is 0 Å². The molecule has 1 rings (SSSR count). The fourth-order valence-electron chi connectivity index (χ4n) is 0.366. The van der Waals surface area contributed by atoms with Crippen LogP contribution in [-0.4, -0.2) is 4.98 Å². The van der Waals surface area contributed by atoms with E-state index < -0.39 is 0 Å². The highest BCUT2D eigenvalue weighted by Crippen LogP contribution is 1.83. The molecule has 0 bridgehead atoms. The maximum atomic E-state index is 10.5. The molecule has 0 aliphatic heterocycles. The highest BCUT2D eigenvalue weighted by atomic mass is 16.5. The highest BCUT2D eigenvalue weighted by molar-refractivity contribution is 5.18. The molecular weight excluding hydrogens is 106 g/mol. The van der Waals surface area contributed by atoms with Crippen molar-refractivity contribution < 1.29 is 7.55 Å². The van der Waals surface area contributed by atoms with Crippen molar-refractivity contribution in [3.05, 3.63) is 23.8 Å². The van der Waals surface area contributed by atoms with Gasteiger partial charge in [-0.2, -0.15) is 4.73 Å². The van der Waals surface area contributed by atoms with Gasteiger partial charge in [-0.05, 0) is 0 Å². The SMILES string of the molecule is [2H]N([2H])c1c[n+]([O-])ccn1. The summed E-state index contributed by atoms with van der Waals surface area (Å²) in [5.41, 5.74) is 0.272. The quantitative estimate of drug-likeness (QED) is 0.386. The monoisotopic (exact) mass is 113 g/mol. The van der Waals surface area contributed by atoms with Gasteiger partial charge < -0.3 is 10.9 Å². The second kappa shape index (κ2) is 1.65. The molecule has 0 fully saturated rings. The van der Waals surface area contributed by atoms with Crippen molar-refractivity contribution >= 4 is 5.82 Å². The molecule has 4 nitrogen and oxygen atoms in total. The first kappa shape index (κ1) is 2.86. The molecule has 8 heavy (non-hydrogen) atoms. The van der Waals surface area contributed by atoms with Gasteiger partial charge in [0.25, 0.3) is 0 Å². The van der Waals surface area contributed by atoms with Gasteiger partial charge in [-0.25, -0.2) is 4.98 Å². The van der Waals surface area contributed by atoms with Gasteiger partial charge in [0.2, 0.25) is 6.20 Å². The van der Waals surface area contributed by atoms with Gasteiger partial charge in [0, 0.05) is 0 Å². The normalized spacial score (nSPS) is 12.0. The van der Waals surface area contributed by atoms with Crippen molar-refractivity contribution in [3.8, 4) is 0 Å². The van der Waals surface area contributed by atoms with Crippen molar-refractivity contribution in [2.45, 2.75) is 0 Å². The summed E-state index contributed by atoms with van der Waals surface area (Å²) < 4.78 is 13.9. The Morgan fingerprint density at radius 2 is 2.88 bits per heavy atom. The number of hydrogen-bond donors (Lipinski definition) is 1. The van der Waals surface area contributed by atoms with Crippen molar-refractivity contribution in [1.29, 1.82) is 0 Å². The minimum absolute atomic E-state index is 0.00231. The smallest absolute Gasteiger partial charge is 0.222 e. The molecule has 0 aliphatic rings. The molecule has 0 saturated heterocycles. The lowest BCUT2D eigenvalue weighted by Crippen LogP contribution is -2.25. The van der Waals surface area contributed by atoms with E-state index in [1.54, 1.807) is 0 Å². The van der Waals surface area contributed by atoms with E-state index in [9.17, 15) is 5.21 Å². The molecule has 0 saturated carbocycles. The second-order valence-corrected chi connectivity index (χ2v) is 1.27. The summed E-state index contributed by atoms with van der Waals surface area (Å²) in [5.74, 6) is -0.00231. The Bertz CT molecular complexity index is 229. The van der Waals surface area contributed by atoms with Gasteiger partial charge in [0.1, 0.15) is 0 Å². The molecule has 0 atom stereocenters. The highest BCUT2D eigenvalue weighted by Gasteiger charge is 1.87. The summed E-state index contributed by atoms with van der Waals surface area (Å²) in [6.45, 7) is 0. The van der Waals surface area contributed by atoms with E-state index in [0.29, 0.717) is 4.73 Å². The Morgan fingerprint density at radius 3 is 3.38 bits per heavy atom. The molecule has 0 aromatic carbocycles. The van der Waals surface area contributed by atoms with E-state index in [4.69, 9.17) is 2.82 Å². The molecule has 1 aromatic rings. The van der Waals surface area contributed by atoms with Crippen LogP contribution in [0.15, 0.2) is 18.6 Å². The molecule has 1 aromatic heterocycles. The van der Waals surface area contributed by atoms with E-state index in [1.165, 1.54) is 12.4 Å². The van der Waals surface area contributed by atoms with Gasteiger partial charge >= 0.3 is 0 Å². The number of aromatic nitrogens is 2. The van der Waals surface area contributed by atoms with E-state index in [1.807, 2.05) is 0 Å². The first-order valence-electron chi connectivity index (χ1n) is 2.92. The maximum absolute atomic E-state index is 10.5. The van der Waals surface area contributed by atoms with Crippen LogP contribution in [0.4, 0.5) is 5.82 Å². The van der Waals surface area contributed by atoms with Crippen LogP contribution in [0.1, 0.15) is 0 Å². The summed E-state index contributed by atoms with van der Waals surface area (Å²) in [4.78, 5) is 3.57. The van der Waals surface area contributed by atoms with Crippen LogP contribution >= 0.6 is 0 Å². The molecule has 42 valence electrons. The Morgan fingerprint density at radius 1 is 2.00 bits per heavy atom. The molecule has 2 N–H and O–H groups in total. The minimum atomic E-state index is -0.00231. The minimum Gasteiger partial charge on any atom is -0.619 e. The van der Waals surface area contributed by atoms with Crippen LogP contribution in [0, 0.1) is 5.21 Å². The molecule has 0 radical (unpaired) electrons. The topological polar surface area (TPSA) is 65.8 Å². The fourth-order valence-corrected chi connectivity index (χ4v) is 0.366. The van der Waals surface area contributed by atoms with Crippen molar-refractivity contribution in [1.82, 2.24) is 4.98 Å². The lowest BCUT2D eigenvalue weighted by Gasteiger charge is -1.91. The van der Waals surface area contributed by atoms with E-state index in [0.717, 1.165) is 6.20 Å². The number of rotatable bonds is 1. The maximum Gasteiger partial charge on any atom is 0.222 e. The number of nitrogens with zero attached hydrogens (tertiary/aromatic N) is 2. The van der Waals surface area contributed by atoms with Crippen LogP contribution in [0.2, 0.25) is 2.82 Å². The largest absolute Gasteiger partial charge is 0.619 e. The third-order valence-electron chi connectivity index (χ3n) is 0.663. The number of anilines is 1. The summed E-state index contributed by atoms with van der Waals surface area (Å²) >= 11 is 0. The third-order valence-corrected chi connectivity index (χ3v) is 0.663. The van der Waals surface area contributed by atoms with E-state index in [2.05, 4.69) is 4.98 Å². The number of nitrogens with two attached hydrogens (primary N) is 1. The van der Waals surface area contributed by atoms with Crippen molar-refractivity contribution in [2.24, 2.45) is 0 Å². The van der Waals surface area contributed by atoms with Crippen LogP contribution in [0.3, 0.4) is 0 Å².